The number of aromatic nitrogens is 5. The lowest BCUT2D eigenvalue weighted by Crippen LogP contribution is -2.20. The van der Waals surface area contributed by atoms with Gasteiger partial charge in [0, 0.05) is 11.3 Å². The van der Waals surface area contributed by atoms with E-state index in [4.69, 9.17) is 5.26 Å². The maximum Gasteiger partial charge on any atom is 0.330 e. The maximum atomic E-state index is 14.4. The predicted molar refractivity (Wildman–Crippen MR) is 114 cm³/mol. The van der Waals surface area contributed by atoms with Crippen molar-refractivity contribution in [1.29, 1.82) is 5.26 Å². The highest BCUT2D eigenvalue weighted by atomic mass is 19.1. The number of aromatic hydroxyl groups is 1. The number of imidazole rings is 1. The van der Waals surface area contributed by atoms with Gasteiger partial charge < -0.3 is 20.5 Å². The predicted octanol–water partition coefficient (Wildman–Crippen LogP) is 0.240. The van der Waals surface area contributed by atoms with E-state index < -0.39 is 24.1 Å². The summed E-state index contributed by atoms with van der Waals surface area (Å²) in [7, 11) is 0. The Hall–Kier alpha value is -4.50. The van der Waals surface area contributed by atoms with E-state index in [1.807, 2.05) is 6.07 Å². The van der Waals surface area contributed by atoms with Crippen LogP contribution in [0.5, 0.6) is 5.88 Å². The van der Waals surface area contributed by atoms with Gasteiger partial charge in [0.25, 0.3) is 0 Å². The van der Waals surface area contributed by atoms with Crippen LogP contribution in [0.4, 0.5) is 15.9 Å². The second kappa shape index (κ2) is 7.88. The molecule has 33 heavy (non-hydrogen) atoms. The minimum atomic E-state index is -0.684. The third kappa shape index (κ3) is 3.81. The van der Waals surface area contributed by atoms with E-state index in [2.05, 4.69) is 25.4 Å². The van der Waals surface area contributed by atoms with Gasteiger partial charge in [-0.15, -0.1) is 0 Å². The Morgan fingerprint density at radius 2 is 2.21 bits per heavy atom. The molecular weight excluding hydrogens is 431 g/mol. The molecule has 166 valence electrons. The van der Waals surface area contributed by atoms with Crippen LogP contribution in [0.1, 0.15) is 24.1 Å². The van der Waals surface area contributed by atoms with E-state index >= 15 is 0 Å². The number of aromatic amines is 1. The lowest BCUT2D eigenvalue weighted by molar-refractivity contribution is 0.192. The van der Waals surface area contributed by atoms with Crippen molar-refractivity contribution >= 4 is 23.2 Å². The molecule has 4 N–H and O–H groups in total. The lowest BCUT2D eigenvalue weighted by Gasteiger charge is -2.08. The van der Waals surface area contributed by atoms with Gasteiger partial charge in [0.1, 0.15) is 24.1 Å². The zero-order chi connectivity index (χ0) is 23.1. The quantitative estimate of drug-likeness (QED) is 0.341. The summed E-state index contributed by atoms with van der Waals surface area (Å²) < 4.78 is 16.7. The Kier molecular flexibility index (Phi) is 4.87. The molecule has 0 spiro atoms. The lowest BCUT2D eigenvalue weighted by atomic mass is 10.2. The van der Waals surface area contributed by atoms with E-state index in [9.17, 15) is 19.4 Å². The average molecular weight is 448 g/mol. The first-order chi connectivity index (χ1) is 16.0. The number of nitriles is 1. The minimum absolute atomic E-state index is 0.0722. The first kappa shape index (κ1) is 20.4. The van der Waals surface area contributed by atoms with E-state index in [0.717, 1.165) is 23.5 Å². The standard InChI is InChI=1S/C21H17FN8O3/c22-14-5-11(8-23)1-4-15(14)26-17-7-18(25-13-2-3-13)30-19(28-17)12(9-24-30)6-16-20(32)29(10-31)21(33)27-16/h1,4-7,9,13,26,31-32H,2-3,10H2,(H,27,33)/b12-6-,25-18?. The van der Waals surface area contributed by atoms with Crippen molar-refractivity contribution in [3.8, 4) is 11.9 Å². The van der Waals surface area contributed by atoms with Gasteiger partial charge in [-0.3, -0.25) is 4.99 Å². The first-order valence-corrected chi connectivity index (χ1v) is 10.0. The van der Waals surface area contributed by atoms with Crippen molar-refractivity contribution in [2.75, 3.05) is 5.32 Å². The number of nitrogens with one attached hydrogen (secondary N) is 2. The molecule has 3 heterocycles. The smallest absolute Gasteiger partial charge is 0.330 e. The number of hydrogen-bond donors (Lipinski definition) is 4. The number of rotatable bonds is 5. The highest BCUT2D eigenvalue weighted by molar-refractivity contribution is 5.62. The van der Waals surface area contributed by atoms with E-state index in [0.29, 0.717) is 22.2 Å². The van der Waals surface area contributed by atoms with E-state index in [-0.39, 0.29) is 23.0 Å². The normalized spacial score (nSPS) is 14.7. The van der Waals surface area contributed by atoms with Gasteiger partial charge in [0.2, 0.25) is 5.88 Å². The van der Waals surface area contributed by atoms with Gasteiger partial charge >= 0.3 is 5.69 Å². The van der Waals surface area contributed by atoms with Crippen LogP contribution in [0.3, 0.4) is 0 Å². The van der Waals surface area contributed by atoms with Gasteiger partial charge in [-0.25, -0.2) is 18.7 Å². The van der Waals surface area contributed by atoms with Crippen LogP contribution < -0.4 is 21.7 Å². The van der Waals surface area contributed by atoms with Gasteiger partial charge in [-0.1, -0.05) is 0 Å². The number of halogens is 1. The minimum Gasteiger partial charge on any atom is -0.493 e. The van der Waals surface area contributed by atoms with Crippen molar-refractivity contribution in [3.05, 3.63) is 68.7 Å². The summed E-state index contributed by atoms with van der Waals surface area (Å²) in [6.45, 7) is -0.684. The number of aliphatic hydroxyl groups excluding tert-OH is 1. The summed E-state index contributed by atoms with van der Waals surface area (Å²) in [6.07, 6.45) is 4.88. The Morgan fingerprint density at radius 1 is 1.39 bits per heavy atom. The fourth-order valence-corrected chi connectivity index (χ4v) is 3.30. The fraction of sp³-hybridized carbons (Fsp3) is 0.190. The van der Waals surface area contributed by atoms with Gasteiger partial charge in [0.05, 0.1) is 29.6 Å². The van der Waals surface area contributed by atoms with Crippen LogP contribution in [0.25, 0.3) is 11.7 Å². The number of aliphatic hydroxyl groups is 1. The number of anilines is 2. The molecule has 1 aliphatic carbocycles. The number of benzene rings is 1. The molecule has 0 saturated heterocycles. The monoisotopic (exact) mass is 448 g/mol. The molecule has 1 aliphatic rings. The summed E-state index contributed by atoms with van der Waals surface area (Å²) in [6, 6.07) is 7.76. The maximum absolute atomic E-state index is 14.4. The molecule has 11 nitrogen and oxygen atoms in total. The molecule has 12 heteroatoms. The van der Waals surface area contributed by atoms with Crippen LogP contribution >= 0.6 is 0 Å². The van der Waals surface area contributed by atoms with Crippen LogP contribution in [-0.2, 0) is 6.73 Å². The third-order valence-electron chi connectivity index (χ3n) is 5.13. The SMILES string of the molecule is N#Cc1ccc(Nc2cc(=NC3CC3)n3nc/c(=C/c4[nH]c(=O)n(CO)c4O)c3n2)c(F)c1. The van der Waals surface area contributed by atoms with Crippen LogP contribution in [0.15, 0.2) is 40.2 Å². The van der Waals surface area contributed by atoms with Crippen molar-refractivity contribution in [3.63, 3.8) is 0 Å². The number of nitrogens with zero attached hydrogens (tertiary/aromatic N) is 6. The molecule has 0 bridgehead atoms. The zero-order valence-corrected chi connectivity index (χ0v) is 17.0. The van der Waals surface area contributed by atoms with E-state index in [1.165, 1.54) is 28.9 Å². The number of hydrogen-bond acceptors (Lipinski definition) is 8. The molecular formula is C21H17FN8O3. The van der Waals surface area contributed by atoms with Gasteiger partial charge in [0.15, 0.2) is 11.1 Å². The number of H-pyrrole nitrogens is 1. The Balaban J connectivity index is 1.66. The summed E-state index contributed by atoms with van der Waals surface area (Å²) in [4.78, 5) is 23.5. The molecule has 3 aromatic heterocycles. The number of fused-ring (bicyclic) bond motifs is 1. The summed E-state index contributed by atoms with van der Waals surface area (Å²) in [5, 5.41) is 36.0. The molecule has 1 saturated carbocycles. The second-order valence-corrected chi connectivity index (χ2v) is 7.51. The molecule has 0 atom stereocenters. The third-order valence-corrected chi connectivity index (χ3v) is 5.13. The zero-order valence-electron chi connectivity index (χ0n) is 17.0. The summed E-state index contributed by atoms with van der Waals surface area (Å²) >= 11 is 0. The van der Waals surface area contributed by atoms with E-state index in [1.54, 1.807) is 6.07 Å². The Labute approximate surface area is 184 Å². The fourth-order valence-electron chi connectivity index (χ4n) is 3.30. The molecule has 0 amide bonds. The molecule has 1 aromatic carbocycles. The highest BCUT2D eigenvalue weighted by Crippen LogP contribution is 2.23. The van der Waals surface area contributed by atoms with Crippen molar-refractivity contribution in [2.45, 2.75) is 25.6 Å². The van der Waals surface area contributed by atoms with Gasteiger partial charge in [-0.2, -0.15) is 14.9 Å². The average Bonchev–Trinajstić information content (AvgIpc) is 3.46. The Bertz CT molecular complexity index is 1610. The molecule has 1 fully saturated rings. The second-order valence-electron chi connectivity index (χ2n) is 7.51. The topological polar surface area (TPSA) is 157 Å². The van der Waals surface area contributed by atoms with Crippen LogP contribution in [0, 0.1) is 17.1 Å². The van der Waals surface area contributed by atoms with Crippen LogP contribution in [-0.4, -0.2) is 40.4 Å². The van der Waals surface area contributed by atoms with Crippen LogP contribution in [0.2, 0.25) is 0 Å². The molecule has 0 radical (unpaired) electrons. The first-order valence-electron chi connectivity index (χ1n) is 10.0. The van der Waals surface area contributed by atoms with Crippen molar-refractivity contribution in [2.24, 2.45) is 4.99 Å². The van der Waals surface area contributed by atoms with Crippen molar-refractivity contribution < 1.29 is 14.6 Å². The molecule has 0 unspecified atom stereocenters. The largest absolute Gasteiger partial charge is 0.493 e. The molecule has 4 aromatic rings. The molecule has 5 rings (SSSR count). The van der Waals surface area contributed by atoms with Crippen molar-refractivity contribution in [1.82, 2.24) is 24.1 Å². The Morgan fingerprint density at radius 3 is 2.88 bits per heavy atom. The highest BCUT2D eigenvalue weighted by Gasteiger charge is 2.20. The summed E-state index contributed by atoms with van der Waals surface area (Å²) in [5.74, 6) is -0.741. The summed E-state index contributed by atoms with van der Waals surface area (Å²) in [5.41, 5.74) is 0.587. The van der Waals surface area contributed by atoms with Gasteiger partial charge in [-0.05, 0) is 37.1 Å². The molecule has 0 aliphatic heterocycles.